The van der Waals surface area contributed by atoms with Crippen LogP contribution in [0.4, 0.5) is 5.95 Å². The third-order valence-corrected chi connectivity index (χ3v) is 4.17. The van der Waals surface area contributed by atoms with Crippen molar-refractivity contribution in [3.8, 4) is 0 Å². The van der Waals surface area contributed by atoms with E-state index < -0.39 is 0 Å². The minimum Gasteiger partial charge on any atom is -0.356 e. The fraction of sp³-hybridized carbons (Fsp3) is 0.786. The molecular weight excluding hydrogens is 210 g/mol. The molecule has 3 heteroatoms. The van der Waals surface area contributed by atoms with E-state index in [2.05, 4.69) is 21.1 Å². The van der Waals surface area contributed by atoms with Gasteiger partial charge in [-0.3, -0.25) is 0 Å². The van der Waals surface area contributed by atoms with Gasteiger partial charge in [0.2, 0.25) is 5.95 Å². The normalized spacial score (nSPS) is 21.6. The molecule has 3 nitrogen and oxygen atoms in total. The van der Waals surface area contributed by atoms with Crippen LogP contribution in [-0.4, -0.2) is 16.1 Å². The van der Waals surface area contributed by atoms with Gasteiger partial charge >= 0.3 is 0 Å². The average molecular weight is 233 g/mol. The van der Waals surface area contributed by atoms with Gasteiger partial charge in [0, 0.05) is 25.0 Å². The Bertz CT molecular complexity index is 348. The van der Waals surface area contributed by atoms with Crippen LogP contribution < -0.4 is 5.32 Å². The molecule has 0 saturated heterocycles. The highest BCUT2D eigenvalue weighted by Gasteiger charge is 2.21. The Kier molecular flexibility index (Phi) is 3.34. The summed E-state index contributed by atoms with van der Waals surface area (Å²) in [5, 5.41) is 3.51. The Morgan fingerprint density at radius 2 is 2.00 bits per heavy atom. The molecule has 3 rings (SSSR count). The molecular formula is C14H23N3. The van der Waals surface area contributed by atoms with Crippen LogP contribution in [0, 0.1) is 5.92 Å². The number of nitrogens with one attached hydrogen (secondary N) is 1. The van der Waals surface area contributed by atoms with E-state index >= 15 is 0 Å². The Labute approximate surface area is 104 Å². The molecule has 0 aromatic carbocycles. The van der Waals surface area contributed by atoms with Crippen molar-refractivity contribution in [3.63, 3.8) is 0 Å². The molecule has 1 N–H and O–H groups in total. The van der Waals surface area contributed by atoms with Crippen LogP contribution in [0.3, 0.4) is 0 Å². The standard InChI is InChI=1S/C14H23N3/c1-2-4-13(5-3-1)17-11-10-16-14(17)15-9-8-12-6-7-12/h10-13H,1-9H2,(H,15,16). The SMILES string of the molecule is c1cn(C2CCCCC2)c(NCCC2CC2)n1. The van der Waals surface area contributed by atoms with Gasteiger partial charge < -0.3 is 9.88 Å². The second kappa shape index (κ2) is 5.11. The lowest BCUT2D eigenvalue weighted by molar-refractivity contribution is 0.356. The van der Waals surface area contributed by atoms with E-state index in [9.17, 15) is 0 Å². The van der Waals surface area contributed by atoms with Crippen molar-refractivity contribution in [3.05, 3.63) is 12.4 Å². The molecule has 0 aliphatic heterocycles. The first-order chi connectivity index (χ1) is 8.43. The lowest BCUT2D eigenvalue weighted by atomic mass is 9.95. The van der Waals surface area contributed by atoms with Gasteiger partial charge in [0.1, 0.15) is 0 Å². The van der Waals surface area contributed by atoms with Gasteiger partial charge in [-0.2, -0.15) is 0 Å². The molecule has 0 bridgehead atoms. The zero-order valence-electron chi connectivity index (χ0n) is 10.6. The predicted molar refractivity (Wildman–Crippen MR) is 70.2 cm³/mol. The van der Waals surface area contributed by atoms with Crippen LogP contribution in [0.25, 0.3) is 0 Å². The largest absolute Gasteiger partial charge is 0.356 e. The maximum Gasteiger partial charge on any atom is 0.203 e. The van der Waals surface area contributed by atoms with Crippen molar-refractivity contribution in [2.45, 2.75) is 57.4 Å². The van der Waals surface area contributed by atoms with Crippen molar-refractivity contribution < 1.29 is 0 Å². The summed E-state index contributed by atoms with van der Waals surface area (Å²) < 4.78 is 2.37. The molecule has 0 spiro atoms. The lowest BCUT2D eigenvalue weighted by Gasteiger charge is -2.24. The lowest BCUT2D eigenvalue weighted by Crippen LogP contribution is -2.16. The van der Waals surface area contributed by atoms with Crippen LogP contribution in [0.1, 0.15) is 57.4 Å². The molecule has 0 radical (unpaired) electrons. The number of hydrogen-bond acceptors (Lipinski definition) is 2. The summed E-state index contributed by atoms with van der Waals surface area (Å²) in [7, 11) is 0. The summed E-state index contributed by atoms with van der Waals surface area (Å²) in [5.41, 5.74) is 0. The van der Waals surface area contributed by atoms with Crippen molar-refractivity contribution in [2.75, 3.05) is 11.9 Å². The summed E-state index contributed by atoms with van der Waals surface area (Å²) in [6.07, 6.45) is 15.1. The molecule has 2 aliphatic carbocycles. The third-order valence-electron chi connectivity index (χ3n) is 4.17. The van der Waals surface area contributed by atoms with Crippen molar-refractivity contribution in [1.82, 2.24) is 9.55 Å². The summed E-state index contributed by atoms with van der Waals surface area (Å²) in [5.74, 6) is 2.10. The Hall–Kier alpha value is -0.990. The molecule has 2 saturated carbocycles. The quantitative estimate of drug-likeness (QED) is 0.842. The van der Waals surface area contributed by atoms with Crippen LogP contribution >= 0.6 is 0 Å². The molecule has 0 unspecified atom stereocenters. The van der Waals surface area contributed by atoms with Crippen LogP contribution in [-0.2, 0) is 0 Å². The average Bonchev–Trinajstić information content (AvgIpc) is 3.07. The monoisotopic (exact) mass is 233 g/mol. The first-order valence-electron chi connectivity index (χ1n) is 7.20. The molecule has 1 aromatic heterocycles. The highest BCUT2D eigenvalue weighted by atomic mass is 15.2. The first-order valence-corrected chi connectivity index (χ1v) is 7.20. The molecule has 2 fully saturated rings. The number of aromatic nitrogens is 2. The second-order valence-corrected chi connectivity index (χ2v) is 5.61. The Morgan fingerprint density at radius 3 is 2.76 bits per heavy atom. The van der Waals surface area contributed by atoms with Gasteiger partial charge in [0.15, 0.2) is 0 Å². The molecule has 17 heavy (non-hydrogen) atoms. The van der Waals surface area contributed by atoms with E-state index in [-0.39, 0.29) is 0 Å². The van der Waals surface area contributed by atoms with Crippen LogP contribution in [0.15, 0.2) is 12.4 Å². The maximum absolute atomic E-state index is 4.46. The topological polar surface area (TPSA) is 29.9 Å². The number of hydrogen-bond donors (Lipinski definition) is 1. The fourth-order valence-corrected chi connectivity index (χ4v) is 2.90. The Balaban J connectivity index is 1.57. The highest BCUT2D eigenvalue weighted by Crippen LogP contribution is 2.33. The predicted octanol–water partition coefficient (Wildman–Crippen LogP) is 3.60. The van der Waals surface area contributed by atoms with E-state index in [4.69, 9.17) is 0 Å². The van der Waals surface area contributed by atoms with Crippen LogP contribution in [0.5, 0.6) is 0 Å². The van der Waals surface area contributed by atoms with Gasteiger partial charge in [0.25, 0.3) is 0 Å². The first kappa shape index (κ1) is 11.1. The van der Waals surface area contributed by atoms with Crippen molar-refractivity contribution in [1.29, 1.82) is 0 Å². The third kappa shape index (κ3) is 2.82. The van der Waals surface area contributed by atoms with Gasteiger partial charge in [-0.15, -0.1) is 0 Å². The van der Waals surface area contributed by atoms with Crippen molar-refractivity contribution in [2.24, 2.45) is 5.92 Å². The van der Waals surface area contributed by atoms with E-state index in [1.165, 1.54) is 51.4 Å². The van der Waals surface area contributed by atoms with Gasteiger partial charge in [-0.25, -0.2) is 4.98 Å². The minimum absolute atomic E-state index is 0.690. The smallest absolute Gasteiger partial charge is 0.203 e. The van der Waals surface area contributed by atoms with Gasteiger partial charge in [-0.05, 0) is 25.2 Å². The van der Waals surface area contributed by atoms with E-state index in [1.807, 2.05) is 6.20 Å². The number of imidazole rings is 1. The second-order valence-electron chi connectivity index (χ2n) is 5.61. The number of nitrogens with zero attached hydrogens (tertiary/aromatic N) is 2. The van der Waals surface area contributed by atoms with Gasteiger partial charge in [-0.1, -0.05) is 32.1 Å². The van der Waals surface area contributed by atoms with Gasteiger partial charge in [0.05, 0.1) is 0 Å². The molecule has 1 aromatic rings. The molecule has 0 atom stereocenters. The van der Waals surface area contributed by atoms with E-state index in [1.54, 1.807) is 0 Å². The van der Waals surface area contributed by atoms with Crippen LogP contribution in [0.2, 0.25) is 0 Å². The fourth-order valence-electron chi connectivity index (χ4n) is 2.90. The molecule has 2 aliphatic rings. The number of anilines is 1. The Morgan fingerprint density at radius 1 is 1.18 bits per heavy atom. The van der Waals surface area contributed by atoms with E-state index in [0.29, 0.717) is 6.04 Å². The molecule has 0 amide bonds. The summed E-state index contributed by atoms with van der Waals surface area (Å²) in [6, 6.07) is 0.690. The zero-order chi connectivity index (χ0) is 11.5. The summed E-state index contributed by atoms with van der Waals surface area (Å²) >= 11 is 0. The zero-order valence-corrected chi connectivity index (χ0v) is 10.6. The summed E-state index contributed by atoms with van der Waals surface area (Å²) in [6.45, 7) is 1.09. The minimum atomic E-state index is 0.690. The van der Waals surface area contributed by atoms with E-state index in [0.717, 1.165) is 18.4 Å². The highest BCUT2D eigenvalue weighted by molar-refractivity contribution is 5.26. The molecule has 94 valence electrons. The maximum atomic E-state index is 4.46. The molecule has 1 heterocycles. The summed E-state index contributed by atoms with van der Waals surface area (Å²) in [4.78, 5) is 4.46. The van der Waals surface area contributed by atoms with Crippen molar-refractivity contribution >= 4 is 5.95 Å². The number of rotatable bonds is 5.